The predicted octanol–water partition coefficient (Wildman–Crippen LogP) is -0.174. The summed E-state index contributed by atoms with van der Waals surface area (Å²) >= 11 is 0. The number of hydrogen-bond acceptors (Lipinski definition) is 4. The Morgan fingerprint density at radius 1 is 1.33 bits per heavy atom. The smallest absolute Gasteiger partial charge is 0.240 e. The topological polar surface area (TPSA) is 101 Å². The highest BCUT2D eigenvalue weighted by molar-refractivity contribution is 7.89. The average Bonchev–Trinajstić information content (AvgIpc) is 2.73. The summed E-state index contributed by atoms with van der Waals surface area (Å²) in [4.78, 5) is 11.2. The van der Waals surface area contributed by atoms with Crippen LogP contribution in [0.3, 0.4) is 0 Å². The number of hydrogen-bond donors (Lipinski definition) is 3. The van der Waals surface area contributed by atoms with E-state index >= 15 is 0 Å². The number of carbonyl (C=O) groups excluding carboxylic acids is 1. The van der Waals surface area contributed by atoms with Crippen molar-refractivity contribution in [3.05, 3.63) is 24.3 Å². The SMILES string of the molecule is Nc1ccc(S(=O)(=O)NCC2CCC(=O)N2)cc1. The molecule has 1 amide bonds. The number of benzene rings is 1. The van der Waals surface area contributed by atoms with E-state index in [1.54, 1.807) is 0 Å². The van der Waals surface area contributed by atoms with E-state index in [9.17, 15) is 13.2 Å². The Morgan fingerprint density at radius 3 is 2.56 bits per heavy atom. The van der Waals surface area contributed by atoms with Crippen molar-refractivity contribution in [2.75, 3.05) is 12.3 Å². The van der Waals surface area contributed by atoms with Gasteiger partial charge in [0.25, 0.3) is 0 Å². The van der Waals surface area contributed by atoms with E-state index in [1.165, 1.54) is 24.3 Å². The molecule has 1 atom stereocenters. The van der Waals surface area contributed by atoms with E-state index in [4.69, 9.17) is 5.73 Å². The second-order valence-electron chi connectivity index (χ2n) is 4.22. The van der Waals surface area contributed by atoms with Crippen LogP contribution in [0.2, 0.25) is 0 Å². The number of nitrogens with one attached hydrogen (secondary N) is 2. The van der Waals surface area contributed by atoms with Gasteiger partial charge in [-0.05, 0) is 30.7 Å². The van der Waals surface area contributed by atoms with Gasteiger partial charge in [-0.15, -0.1) is 0 Å². The first-order chi connectivity index (χ1) is 8.47. The predicted molar refractivity (Wildman–Crippen MR) is 67.2 cm³/mol. The monoisotopic (exact) mass is 269 g/mol. The summed E-state index contributed by atoms with van der Waals surface area (Å²) in [5, 5.41) is 2.70. The van der Waals surface area contributed by atoms with Crippen molar-refractivity contribution in [2.45, 2.75) is 23.8 Å². The molecule has 6 nitrogen and oxygen atoms in total. The van der Waals surface area contributed by atoms with Gasteiger partial charge in [0.2, 0.25) is 15.9 Å². The zero-order valence-electron chi connectivity index (χ0n) is 9.72. The third-order valence-electron chi connectivity index (χ3n) is 2.80. The molecule has 0 aromatic heterocycles. The van der Waals surface area contributed by atoms with Crippen molar-refractivity contribution in [2.24, 2.45) is 0 Å². The van der Waals surface area contributed by atoms with E-state index in [0.29, 0.717) is 18.5 Å². The fourth-order valence-corrected chi connectivity index (χ4v) is 2.85. The third kappa shape index (κ3) is 2.99. The summed E-state index contributed by atoms with van der Waals surface area (Å²) in [6.07, 6.45) is 1.11. The molecule has 0 saturated carbocycles. The zero-order chi connectivity index (χ0) is 13.2. The lowest BCUT2D eigenvalue weighted by Gasteiger charge is -2.11. The van der Waals surface area contributed by atoms with Gasteiger partial charge in [-0.25, -0.2) is 13.1 Å². The second-order valence-corrected chi connectivity index (χ2v) is 5.99. The Hall–Kier alpha value is -1.60. The molecule has 4 N–H and O–H groups in total. The molecular weight excluding hydrogens is 254 g/mol. The Kier molecular flexibility index (Phi) is 3.53. The molecule has 1 saturated heterocycles. The summed E-state index contributed by atoms with van der Waals surface area (Å²) in [6.45, 7) is 0.207. The van der Waals surface area contributed by atoms with Gasteiger partial charge in [0.15, 0.2) is 0 Å². The summed E-state index contributed by atoms with van der Waals surface area (Å²) in [6, 6.07) is 5.84. The molecule has 18 heavy (non-hydrogen) atoms. The lowest BCUT2D eigenvalue weighted by Crippen LogP contribution is -2.38. The normalized spacial score (nSPS) is 19.8. The molecule has 1 fully saturated rings. The number of anilines is 1. The van der Waals surface area contributed by atoms with Crippen molar-refractivity contribution in [3.8, 4) is 0 Å². The van der Waals surface area contributed by atoms with Gasteiger partial charge in [-0.1, -0.05) is 0 Å². The number of rotatable bonds is 4. The second kappa shape index (κ2) is 4.95. The zero-order valence-corrected chi connectivity index (χ0v) is 10.5. The molecule has 98 valence electrons. The van der Waals surface area contributed by atoms with E-state index in [1.807, 2.05) is 0 Å². The Morgan fingerprint density at radius 2 is 2.00 bits per heavy atom. The molecule has 1 aliphatic rings. The number of amides is 1. The van der Waals surface area contributed by atoms with Gasteiger partial charge in [-0.3, -0.25) is 4.79 Å². The maximum absolute atomic E-state index is 11.9. The summed E-state index contributed by atoms with van der Waals surface area (Å²) in [7, 11) is -3.54. The van der Waals surface area contributed by atoms with Crippen LogP contribution >= 0.6 is 0 Å². The number of nitrogen functional groups attached to an aromatic ring is 1. The summed E-state index contributed by atoms with van der Waals surface area (Å²) in [5.74, 6) is -0.0355. The maximum Gasteiger partial charge on any atom is 0.240 e. The van der Waals surface area contributed by atoms with Crippen LogP contribution < -0.4 is 15.8 Å². The summed E-state index contributed by atoms with van der Waals surface area (Å²) in [5.41, 5.74) is 6.01. The average molecular weight is 269 g/mol. The highest BCUT2D eigenvalue weighted by Gasteiger charge is 2.23. The fourth-order valence-electron chi connectivity index (χ4n) is 1.77. The van der Waals surface area contributed by atoms with E-state index < -0.39 is 10.0 Å². The molecule has 1 aromatic carbocycles. The minimum atomic E-state index is -3.54. The molecule has 0 radical (unpaired) electrons. The Bertz CT molecular complexity index is 539. The van der Waals surface area contributed by atoms with E-state index in [2.05, 4.69) is 10.0 Å². The van der Waals surface area contributed by atoms with Gasteiger partial charge >= 0.3 is 0 Å². The first-order valence-electron chi connectivity index (χ1n) is 5.62. The van der Waals surface area contributed by atoms with Crippen molar-refractivity contribution in [1.82, 2.24) is 10.0 Å². The molecule has 1 aliphatic heterocycles. The highest BCUT2D eigenvalue weighted by Crippen LogP contribution is 2.12. The minimum absolute atomic E-state index is 0.0355. The van der Waals surface area contributed by atoms with Gasteiger partial charge in [0, 0.05) is 24.7 Å². The van der Waals surface area contributed by atoms with Gasteiger partial charge < -0.3 is 11.1 Å². The van der Waals surface area contributed by atoms with E-state index in [0.717, 1.165) is 0 Å². The molecule has 2 rings (SSSR count). The number of sulfonamides is 1. The molecule has 1 aromatic rings. The quantitative estimate of drug-likeness (QED) is 0.660. The molecule has 0 aliphatic carbocycles. The standard InChI is InChI=1S/C11H15N3O3S/c12-8-1-4-10(5-2-8)18(16,17)13-7-9-3-6-11(15)14-9/h1-2,4-5,9,13H,3,6-7,12H2,(H,14,15). The van der Waals surface area contributed by atoms with Crippen LogP contribution in [-0.2, 0) is 14.8 Å². The van der Waals surface area contributed by atoms with Gasteiger partial charge in [-0.2, -0.15) is 0 Å². The largest absolute Gasteiger partial charge is 0.399 e. The first-order valence-corrected chi connectivity index (χ1v) is 7.10. The van der Waals surface area contributed by atoms with Crippen LogP contribution in [0.25, 0.3) is 0 Å². The molecule has 0 spiro atoms. The Labute approximate surface area is 106 Å². The van der Waals surface area contributed by atoms with Gasteiger partial charge in [0.1, 0.15) is 0 Å². The van der Waals surface area contributed by atoms with Gasteiger partial charge in [0.05, 0.1) is 4.90 Å². The highest BCUT2D eigenvalue weighted by atomic mass is 32.2. The minimum Gasteiger partial charge on any atom is -0.399 e. The fraction of sp³-hybridized carbons (Fsp3) is 0.364. The number of carbonyl (C=O) groups is 1. The van der Waals surface area contributed by atoms with Crippen molar-refractivity contribution in [1.29, 1.82) is 0 Å². The molecule has 7 heteroatoms. The first kappa shape index (κ1) is 12.8. The molecule has 1 unspecified atom stereocenters. The van der Waals surface area contributed by atoms with Crippen molar-refractivity contribution >= 4 is 21.6 Å². The van der Waals surface area contributed by atoms with Crippen molar-refractivity contribution in [3.63, 3.8) is 0 Å². The molecular formula is C11H15N3O3S. The van der Waals surface area contributed by atoms with Crippen LogP contribution in [0.4, 0.5) is 5.69 Å². The lowest BCUT2D eigenvalue weighted by atomic mass is 10.2. The number of nitrogens with two attached hydrogens (primary N) is 1. The molecule has 0 bridgehead atoms. The summed E-state index contributed by atoms with van der Waals surface area (Å²) < 4.78 is 26.3. The van der Waals surface area contributed by atoms with E-state index in [-0.39, 0.29) is 23.4 Å². The van der Waals surface area contributed by atoms with Crippen molar-refractivity contribution < 1.29 is 13.2 Å². The van der Waals surface area contributed by atoms with Crippen LogP contribution in [-0.4, -0.2) is 26.9 Å². The molecule has 1 heterocycles. The lowest BCUT2D eigenvalue weighted by molar-refractivity contribution is -0.119. The van der Waals surface area contributed by atoms with Crippen LogP contribution in [0, 0.1) is 0 Å². The Balaban J connectivity index is 1.99. The third-order valence-corrected chi connectivity index (χ3v) is 4.23. The van der Waals surface area contributed by atoms with Crippen LogP contribution in [0.1, 0.15) is 12.8 Å². The van der Waals surface area contributed by atoms with Crippen LogP contribution in [0.5, 0.6) is 0 Å². The maximum atomic E-state index is 11.9. The van der Waals surface area contributed by atoms with Crippen LogP contribution in [0.15, 0.2) is 29.2 Å².